The molecule has 100 valence electrons. The smallest absolute Gasteiger partial charge is 0.223 e. The van der Waals surface area contributed by atoms with E-state index >= 15 is 0 Å². The van der Waals surface area contributed by atoms with Crippen molar-refractivity contribution in [2.45, 2.75) is 26.7 Å². The van der Waals surface area contributed by atoms with Crippen LogP contribution in [0.25, 0.3) is 0 Å². The number of amides is 1. The van der Waals surface area contributed by atoms with Crippen molar-refractivity contribution in [3.63, 3.8) is 0 Å². The second-order valence-electron chi connectivity index (χ2n) is 4.19. The van der Waals surface area contributed by atoms with E-state index in [9.17, 15) is 4.79 Å². The zero-order valence-corrected chi connectivity index (χ0v) is 11.1. The fourth-order valence-electron chi connectivity index (χ4n) is 1.75. The Morgan fingerprint density at radius 2 is 2.00 bits per heavy atom. The van der Waals surface area contributed by atoms with E-state index in [1.165, 1.54) is 0 Å². The average Bonchev–Trinajstić information content (AvgIpc) is 2.38. The third-order valence-electron chi connectivity index (χ3n) is 2.93. The van der Waals surface area contributed by atoms with E-state index in [2.05, 4.69) is 5.32 Å². The standard InChI is InChI=1S/C14H22N2O2/c1-3-11(4-2)14(17)16-9-10-18-13-8-6-5-7-12(13)15/h5-8,11H,3-4,9-10,15H2,1-2H3,(H,16,17). The van der Waals surface area contributed by atoms with Crippen LogP contribution in [-0.4, -0.2) is 19.1 Å². The van der Waals surface area contributed by atoms with Gasteiger partial charge in [-0.05, 0) is 25.0 Å². The molecule has 1 aromatic carbocycles. The second-order valence-corrected chi connectivity index (χ2v) is 4.19. The third-order valence-corrected chi connectivity index (χ3v) is 2.93. The van der Waals surface area contributed by atoms with Crippen LogP contribution in [0.2, 0.25) is 0 Å². The van der Waals surface area contributed by atoms with Crippen LogP contribution >= 0.6 is 0 Å². The number of ether oxygens (including phenoxy) is 1. The number of nitrogen functional groups attached to an aromatic ring is 1. The van der Waals surface area contributed by atoms with Crippen molar-refractivity contribution in [3.8, 4) is 5.75 Å². The molecule has 0 unspecified atom stereocenters. The number of carbonyl (C=O) groups is 1. The van der Waals surface area contributed by atoms with Gasteiger partial charge in [-0.3, -0.25) is 4.79 Å². The number of anilines is 1. The Bertz CT molecular complexity index is 376. The van der Waals surface area contributed by atoms with Gasteiger partial charge >= 0.3 is 0 Å². The van der Waals surface area contributed by atoms with E-state index in [4.69, 9.17) is 10.5 Å². The van der Waals surface area contributed by atoms with Crippen molar-refractivity contribution in [2.75, 3.05) is 18.9 Å². The van der Waals surface area contributed by atoms with E-state index in [1.54, 1.807) is 6.07 Å². The average molecular weight is 250 g/mol. The Balaban J connectivity index is 2.27. The molecule has 0 saturated heterocycles. The van der Waals surface area contributed by atoms with E-state index in [1.807, 2.05) is 32.0 Å². The predicted octanol–water partition coefficient (Wildman–Crippen LogP) is 2.20. The Labute approximate surface area is 109 Å². The van der Waals surface area contributed by atoms with Gasteiger partial charge in [0.05, 0.1) is 12.2 Å². The Hall–Kier alpha value is -1.71. The van der Waals surface area contributed by atoms with Crippen molar-refractivity contribution in [2.24, 2.45) is 5.92 Å². The largest absolute Gasteiger partial charge is 0.490 e. The zero-order valence-electron chi connectivity index (χ0n) is 11.1. The number of carbonyl (C=O) groups excluding carboxylic acids is 1. The minimum atomic E-state index is 0.102. The van der Waals surface area contributed by atoms with Crippen LogP contribution in [0, 0.1) is 5.92 Å². The number of nitrogens with two attached hydrogens (primary N) is 1. The summed E-state index contributed by atoms with van der Waals surface area (Å²) < 4.78 is 5.49. The molecule has 0 atom stereocenters. The number of hydrogen-bond acceptors (Lipinski definition) is 3. The Morgan fingerprint density at radius 1 is 1.33 bits per heavy atom. The molecule has 4 nitrogen and oxygen atoms in total. The molecule has 1 amide bonds. The Kier molecular flexibility index (Phi) is 6.05. The van der Waals surface area contributed by atoms with Crippen molar-refractivity contribution in [3.05, 3.63) is 24.3 Å². The SMILES string of the molecule is CCC(CC)C(=O)NCCOc1ccccc1N. The highest BCUT2D eigenvalue weighted by atomic mass is 16.5. The lowest BCUT2D eigenvalue weighted by atomic mass is 10.0. The van der Waals surface area contributed by atoms with Crippen molar-refractivity contribution in [1.82, 2.24) is 5.32 Å². The third kappa shape index (κ3) is 4.28. The van der Waals surface area contributed by atoms with Crippen LogP contribution in [0.5, 0.6) is 5.75 Å². The lowest BCUT2D eigenvalue weighted by Crippen LogP contribution is -2.33. The van der Waals surface area contributed by atoms with E-state index in [-0.39, 0.29) is 11.8 Å². The van der Waals surface area contributed by atoms with E-state index in [0.717, 1.165) is 12.8 Å². The van der Waals surface area contributed by atoms with Crippen LogP contribution in [0.4, 0.5) is 5.69 Å². The Morgan fingerprint density at radius 3 is 2.61 bits per heavy atom. The summed E-state index contributed by atoms with van der Waals surface area (Å²) in [6.07, 6.45) is 1.74. The van der Waals surface area contributed by atoms with Crippen LogP contribution in [0.1, 0.15) is 26.7 Å². The first kappa shape index (κ1) is 14.4. The van der Waals surface area contributed by atoms with E-state index < -0.39 is 0 Å². The van der Waals surface area contributed by atoms with Crippen LogP contribution in [0.3, 0.4) is 0 Å². The summed E-state index contributed by atoms with van der Waals surface area (Å²) in [4.78, 5) is 11.7. The summed E-state index contributed by atoms with van der Waals surface area (Å²) in [6.45, 7) is 4.98. The maximum absolute atomic E-state index is 11.7. The van der Waals surface area contributed by atoms with Gasteiger partial charge in [-0.1, -0.05) is 26.0 Å². The minimum absolute atomic E-state index is 0.102. The summed E-state index contributed by atoms with van der Waals surface area (Å²) in [5.41, 5.74) is 6.36. The van der Waals surface area contributed by atoms with Gasteiger partial charge in [-0.2, -0.15) is 0 Å². The van der Waals surface area contributed by atoms with Crippen molar-refractivity contribution < 1.29 is 9.53 Å². The molecule has 0 heterocycles. The summed E-state index contributed by atoms with van der Waals surface area (Å²) >= 11 is 0. The number of para-hydroxylation sites is 2. The maximum Gasteiger partial charge on any atom is 0.223 e. The summed E-state index contributed by atoms with van der Waals surface area (Å²) in [5.74, 6) is 0.866. The van der Waals surface area contributed by atoms with Crippen LogP contribution in [-0.2, 0) is 4.79 Å². The normalized spacial score (nSPS) is 10.4. The lowest BCUT2D eigenvalue weighted by Gasteiger charge is -2.13. The second kappa shape index (κ2) is 7.58. The predicted molar refractivity (Wildman–Crippen MR) is 73.4 cm³/mol. The topological polar surface area (TPSA) is 64.3 Å². The molecule has 0 fully saturated rings. The van der Waals surface area contributed by atoms with Crippen LogP contribution in [0.15, 0.2) is 24.3 Å². The quantitative estimate of drug-likeness (QED) is 0.576. The molecule has 1 rings (SSSR count). The first-order valence-corrected chi connectivity index (χ1v) is 6.44. The highest BCUT2D eigenvalue weighted by Gasteiger charge is 2.12. The van der Waals surface area contributed by atoms with E-state index in [0.29, 0.717) is 24.6 Å². The van der Waals surface area contributed by atoms with Gasteiger partial charge in [-0.15, -0.1) is 0 Å². The van der Waals surface area contributed by atoms with Gasteiger partial charge in [-0.25, -0.2) is 0 Å². The zero-order chi connectivity index (χ0) is 13.4. The summed E-state index contributed by atoms with van der Waals surface area (Å²) in [7, 11) is 0. The molecule has 0 aliphatic rings. The van der Waals surface area contributed by atoms with Crippen molar-refractivity contribution in [1.29, 1.82) is 0 Å². The molecule has 0 aliphatic heterocycles. The molecular formula is C14H22N2O2. The van der Waals surface area contributed by atoms with Gasteiger partial charge in [0.15, 0.2) is 0 Å². The molecule has 0 spiro atoms. The van der Waals surface area contributed by atoms with Crippen LogP contribution < -0.4 is 15.8 Å². The molecule has 1 aromatic rings. The maximum atomic E-state index is 11.7. The molecule has 3 N–H and O–H groups in total. The monoisotopic (exact) mass is 250 g/mol. The van der Waals surface area contributed by atoms with Gasteiger partial charge in [0.1, 0.15) is 12.4 Å². The fourth-order valence-corrected chi connectivity index (χ4v) is 1.75. The minimum Gasteiger partial charge on any atom is -0.490 e. The fraction of sp³-hybridized carbons (Fsp3) is 0.500. The molecule has 0 bridgehead atoms. The first-order valence-electron chi connectivity index (χ1n) is 6.44. The molecule has 0 aromatic heterocycles. The number of rotatable bonds is 7. The highest BCUT2D eigenvalue weighted by Crippen LogP contribution is 2.19. The summed E-state index contributed by atoms with van der Waals surface area (Å²) in [5, 5.41) is 2.87. The molecule has 4 heteroatoms. The first-order chi connectivity index (χ1) is 8.69. The molecule has 0 saturated carbocycles. The molecule has 0 radical (unpaired) electrons. The highest BCUT2D eigenvalue weighted by molar-refractivity contribution is 5.78. The number of benzene rings is 1. The van der Waals surface area contributed by atoms with Gasteiger partial charge in [0, 0.05) is 5.92 Å². The molecular weight excluding hydrogens is 228 g/mol. The lowest BCUT2D eigenvalue weighted by molar-refractivity contribution is -0.125. The molecule has 0 aliphatic carbocycles. The van der Waals surface area contributed by atoms with Gasteiger partial charge < -0.3 is 15.8 Å². The van der Waals surface area contributed by atoms with Crippen molar-refractivity contribution >= 4 is 11.6 Å². The van der Waals surface area contributed by atoms with Gasteiger partial charge in [0.2, 0.25) is 5.91 Å². The van der Waals surface area contributed by atoms with Gasteiger partial charge in [0.25, 0.3) is 0 Å². The number of nitrogens with one attached hydrogen (secondary N) is 1. The number of hydrogen-bond donors (Lipinski definition) is 2. The summed E-state index contributed by atoms with van der Waals surface area (Å²) in [6, 6.07) is 7.34. The molecule has 18 heavy (non-hydrogen) atoms.